The Labute approximate surface area is 108 Å². The van der Waals surface area contributed by atoms with Gasteiger partial charge in [-0.15, -0.1) is 0 Å². The number of methoxy groups -OCH3 is 1. The summed E-state index contributed by atoms with van der Waals surface area (Å²) in [5, 5.41) is 0. The average Bonchev–Trinajstić information content (AvgIpc) is 2.45. The highest BCUT2D eigenvalue weighted by Gasteiger charge is 2.14. The molecule has 1 aliphatic heterocycles. The van der Waals surface area contributed by atoms with Gasteiger partial charge >= 0.3 is 0 Å². The maximum absolute atomic E-state index is 5.72. The van der Waals surface area contributed by atoms with E-state index >= 15 is 0 Å². The van der Waals surface area contributed by atoms with Crippen molar-refractivity contribution < 1.29 is 9.47 Å². The van der Waals surface area contributed by atoms with E-state index in [4.69, 9.17) is 9.47 Å². The molecule has 98 valence electrons. The molecule has 1 unspecified atom stereocenters. The molecule has 18 heavy (non-hydrogen) atoms. The minimum atomic E-state index is 0.268. The first kappa shape index (κ1) is 12.8. The number of ether oxygens (including phenoxy) is 2. The molecule has 1 aliphatic rings. The molecule has 4 heteroatoms. The summed E-state index contributed by atoms with van der Waals surface area (Å²) in [6.45, 7) is 2.80. The fourth-order valence-corrected chi connectivity index (χ4v) is 1.92. The first-order valence-electron chi connectivity index (χ1n) is 6.32. The summed E-state index contributed by atoms with van der Waals surface area (Å²) in [6, 6.07) is 6.34. The normalized spacial score (nSPS) is 18.2. The summed E-state index contributed by atoms with van der Waals surface area (Å²) in [5.41, 5.74) is 7.44. The first-order valence-corrected chi connectivity index (χ1v) is 6.32. The average molecular weight is 248 g/mol. The molecule has 4 nitrogen and oxygen atoms in total. The molecule has 0 bridgehead atoms. The number of nitrogens with one attached hydrogen (secondary N) is 2. The quantitative estimate of drug-likeness (QED) is 0.840. The lowest BCUT2D eigenvalue weighted by atomic mass is 10.0. The van der Waals surface area contributed by atoms with Crippen LogP contribution in [0.25, 0.3) is 0 Å². The number of hydrogen-bond acceptors (Lipinski definition) is 4. The molecule has 0 amide bonds. The molecule has 1 atom stereocenters. The molecule has 1 aromatic rings. The molecular weight excluding hydrogens is 228 g/mol. The van der Waals surface area contributed by atoms with Gasteiger partial charge in [-0.1, -0.05) is 19.1 Å². The standard InChI is InChI=1S/C14H20N2O2/c1-3-9-18-14-10-11(6-7-13(14)17-2)12-5-4-8-15-16-12/h4,6-8,10,12,15-16H,3,5,9H2,1-2H3. The summed E-state index contributed by atoms with van der Waals surface area (Å²) in [5.74, 6) is 1.60. The van der Waals surface area contributed by atoms with E-state index in [2.05, 4.69) is 29.9 Å². The van der Waals surface area contributed by atoms with E-state index in [1.54, 1.807) is 7.11 Å². The second-order valence-electron chi connectivity index (χ2n) is 4.24. The Morgan fingerprint density at radius 3 is 2.89 bits per heavy atom. The van der Waals surface area contributed by atoms with Crippen molar-refractivity contribution in [2.45, 2.75) is 25.8 Å². The molecule has 0 spiro atoms. The van der Waals surface area contributed by atoms with E-state index in [0.717, 1.165) is 24.3 Å². The highest BCUT2D eigenvalue weighted by Crippen LogP contribution is 2.31. The molecule has 2 rings (SSSR count). The summed E-state index contributed by atoms with van der Waals surface area (Å²) in [7, 11) is 1.66. The van der Waals surface area contributed by atoms with Gasteiger partial charge in [0.15, 0.2) is 11.5 Å². The molecule has 0 saturated heterocycles. The van der Waals surface area contributed by atoms with Crippen LogP contribution in [0.15, 0.2) is 30.5 Å². The minimum absolute atomic E-state index is 0.268. The van der Waals surface area contributed by atoms with Crippen molar-refractivity contribution in [1.29, 1.82) is 0 Å². The molecule has 2 N–H and O–H groups in total. The lowest BCUT2D eigenvalue weighted by molar-refractivity contribution is 0.293. The first-order chi connectivity index (χ1) is 8.85. The Morgan fingerprint density at radius 2 is 2.22 bits per heavy atom. The van der Waals surface area contributed by atoms with Gasteiger partial charge in [-0.2, -0.15) is 0 Å². The second-order valence-corrected chi connectivity index (χ2v) is 4.24. The lowest BCUT2D eigenvalue weighted by Crippen LogP contribution is -2.33. The van der Waals surface area contributed by atoms with Crippen LogP contribution in [0, 0.1) is 0 Å². The Bertz CT molecular complexity index is 418. The Balaban J connectivity index is 2.18. The van der Waals surface area contributed by atoms with Gasteiger partial charge in [-0.25, -0.2) is 5.43 Å². The fraction of sp³-hybridized carbons (Fsp3) is 0.429. The predicted molar refractivity (Wildman–Crippen MR) is 71.5 cm³/mol. The van der Waals surface area contributed by atoms with E-state index in [1.165, 1.54) is 5.56 Å². The van der Waals surface area contributed by atoms with Gasteiger partial charge in [0.25, 0.3) is 0 Å². The van der Waals surface area contributed by atoms with Gasteiger partial charge in [0.05, 0.1) is 19.8 Å². The summed E-state index contributed by atoms with van der Waals surface area (Å²) < 4.78 is 11.0. The van der Waals surface area contributed by atoms with Crippen LogP contribution < -0.4 is 20.3 Å². The third-order valence-electron chi connectivity index (χ3n) is 2.88. The van der Waals surface area contributed by atoms with E-state index in [0.29, 0.717) is 6.61 Å². The topological polar surface area (TPSA) is 42.5 Å². The maximum Gasteiger partial charge on any atom is 0.161 e. The van der Waals surface area contributed by atoms with Crippen LogP contribution in [0.1, 0.15) is 31.4 Å². The van der Waals surface area contributed by atoms with Crippen LogP contribution in [0.4, 0.5) is 0 Å². The van der Waals surface area contributed by atoms with Gasteiger partial charge in [-0.05, 0) is 30.5 Å². The Hall–Kier alpha value is -1.68. The minimum Gasteiger partial charge on any atom is -0.493 e. The van der Waals surface area contributed by atoms with Gasteiger partial charge in [0.2, 0.25) is 0 Å². The van der Waals surface area contributed by atoms with Crippen LogP contribution in [-0.2, 0) is 0 Å². The maximum atomic E-state index is 5.72. The number of benzene rings is 1. The Morgan fingerprint density at radius 1 is 1.33 bits per heavy atom. The largest absolute Gasteiger partial charge is 0.493 e. The SMILES string of the molecule is CCCOc1cc(C2CC=CNN2)ccc1OC. The fourth-order valence-electron chi connectivity index (χ4n) is 1.92. The van der Waals surface area contributed by atoms with Crippen LogP contribution in [0.2, 0.25) is 0 Å². The van der Waals surface area contributed by atoms with Crippen LogP contribution in [0.5, 0.6) is 11.5 Å². The molecule has 0 radical (unpaired) electrons. The highest BCUT2D eigenvalue weighted by molar-refractivity contribution is 5.44. The second kappa shape index (κ2) is 6.31. The number of rotatable bonds is 5. The number of hydrogen-bond donors (Lipinski definition) is 2. The lowest BCUT2D eigenvalue weighted by Gasteiger charge is -2.22. The smallest absolute Gasteiger partial charge is 0.161 e. The molecule has 0 aliphatic carbocycles. The van der Waals surface area contributed by atoms with E-state index in [1.807, 2.05) is 18.3 Å². The summed E-state index contributed by atoms with van der Waals surface area (Å²) in [6.07, 6.45) is 5.97. The third kappa shape index (κ3) is 2.96. The van der Waals surface area contributed by atoms with Gasteiger partial charge in [0.1, 0.15) is 0 Å². The molecule has 1 heterocycles. The van der Waals surface area contributed by atoms with Gasteiger partial charge in [-0.3, -0.25) is 0 Å². The van der Waals surface area contributed by atoms with Crippen LogP contribution >= 0.6 is 0 Å². The highest BCUT2D eigenvalue weighted by atomic mass is 16.5. The molecule has 0 saturated carbocycles. The van der Waals surface area contributed by atoms with Crippen molar-refractivity contribution in [3.63, 3.8) is 0 Å². The van der Waals surface area contributed by atoms with Crippen LogP contribution in [-0.4, -0.2) is 13.7 Å². The van der Waals surface area contributed by atoms with Crippen molar-refractivity contribution in [2.24, 2.45) is 0 Å². The summed E-state index contributed by atoms with van der Waals surface area (Å²) in [4.78, 5) is 0. The van der Waals surface area contributed by atoms with Gasteiger partial charge < -0.3 is 14.9 Å². The summed E-state index contributed by atoms with van der Waals surface area (Å²) >= 11 is 0. The third-order valence-corrected chi connectivity index (χ3v) is 2.88. The zero-order chi connectivity index (χ0) is 12.8. The Kier molecular flexibility index (Phi) is 4.47. The molecular formula is C14H20N2O2. The van der Waals surface area contributed by atoms with E-state index < -0.39 is 0 Å². The van der Waals surface area contributed by atoms with Crippen molar-refractivity contribution >= 4 is 0 Å². The predicted octanol–water partition coefficient (Wildman–Crippen LogP) is 2.54. The molecule has 0 aromatic heterocycles. The molecule has 0 fully saturated rings. The van der Waals surface area contributed by atoms with Crippen molar-refractivity contribution in [1.82, 2.24) is 10.9 Å². The van der Waals surface area contributed by atoms with Gasteiger partial charge in [0, 0.05) is 6.20 Å². The zero-order valence-corrected chi connectivity index (χ0v) is 10.9. The van der Waals surface area contributed by atoms with Crippen molar-refractivity contribution in [3.05, 3.63) is 36.0 Å². The van der Waals surface area contributed by atoms with E-state index in [-0.39, 0.29) is 6.04 Å². The van der Waals surface area contributed by atoms with Crippen molar-refractivity contribution in [3.8, 4) is 11.5 Å². The van der Waals surface area contributed by atoms with E-state index in [9.17, 15) is 0 Å². The van der Waals surface area contributed by atoms with Crippen LogP contribution in [0.3, 0.4) is 0 Å². The molecule has 1 aromatic carbocycles. The monoisotopic (exact) mass is 248 g/mol. The van der Waals surface area contributed by atoms with Crippen molar-refractivity contribution in [2.75, 3.05) is 13.7 Å². The zero-order valence-electron chi connectivity index (χ0n) is 10.9. The number of hydrazine groups is 1.